The number of piperidine rings is 1. The number of fused-ring (bicyclic) bond motifs is 1. The van der Waals surface area contributed by atoms with Crippen LogP contribution in [0.1, 0.15) is 31.0 Å². The van der Waals surface area contributed by atoms with E-state index in [0.717, 1.165) is 24.3 Å². The molecule has 3 heterocycles. The number of imidazole rings is 1. The number of rotatable bonds is 1. The van der Waals surface area contributed by atoms with Crippen LogP contribution in [0.25, 0.3) is 5.65 Å². The maximum atomic E-state index is 6.32. The fourth-order valence-electron chi connectivity index (χ4n) is 2.20. The van der Waals surface area contributed by atoms with Crippen LogP contribution < -0.4 is 5.32 Å². The molecule has 3 rings (SSSR count). The highest BCUT2D eigenvalue weighted by molar-refractivity contribution is 6.30. The third-order valence-electron chi connectivity index (χ3n) is 3.04. The maximum absolute atomic E-state index is 6.32. The summed E-state index contributed by atoms with van der Waals surface area (Å²) in [7, 11) is 0. The van der Waals surface area contributed by atoms with Crippen LogP contribution in [-0.4, -0.2) is 20.9 Å². The number of aromatic nitrogens is 3. The summed E-state index contributed by atoms with van der Waals surface area (Å²) in [6.07, 6.45) is 8.88. The first-order chi connectivity index (χ1) is 7.86. The Kier molecular flexibility index (Phi) is 2.53. The molecule has 0 aliphatic carbocycles. The van der Waals surface area contributed by atoms with Gasteiger partial charge in [-0.25, -0.2) is 4.98 Å². The Morgan fingerprint density at radius 2 is 2.38 bits per heavy atom. The summed E-state index contributed by atoms with van der Waals surface area (Å²) in [6, 6.07) is 0.293. The van der Waals surface area contributed by atoms with Gasteiger partial charge < -0.3 is 5.32 Å². The first-order valence-electron chi connectivity index (χ1n) is 5.57. The minimum atomic E-state index is 0.293. The fourth-order valence-corrected chi connectivity index (χ4v) is 2.52. The van der Waals surface area contributed by atoms with E-state index in [-0.39, 0.29) is 0 Å². The van der Waals surface area contributed by atoms with Crippen molar-refractivity contribution in [3.8, 4) is 0 Å². The first-order valence-corrected chi connectivity index (χ1v) is 5.95. The lowest BCUT2D eigenvalue weighted by atomic mass is 10.0. The summed E-state index contributed by atoms with van der Waals surface area (Å²) in [4.78, 5) is 8.59. The van der Waals surface area contributed by atoms with E-state index >= 15 is 0 Å². The van der Waals surface area contributed by atoms with Crippen molar-refractivity contribution in [3.05, 3.63) is 29.4 Å². The van der Waals surface area contributed by atoms with Crippen LogP contribution in [0, 0.1) is 0 Å². The zero-order valence-corrected chi connectivity index (χ0v) is 9.61. The molecule has 1 fully saturated rings. The second-order valence-corrected chi connectivity index (χ2v) is 4.45. The summed E-state index contributed by atoms with van der Waals surface area (Å²) in [5, 5.41) is 4.16. The Hall–Kier alpha value is -1.13. The molecular formula is C11H13ClN4. The molecule has 4 nitrogen and oxygen atoms in total. The van der Waals surface area contributed by atoms with Gasteiger partial charge in [-0.2, -0.15) is 0 Å². The van der Waals surface area contributed by atoms with Crippen LogP contribution in [0.15, 0.2) is 18.6 Å². The molecule has 1 N–H and O–H groups in total. The van der Waals surface area contributed by atoms with Gasteiger partial charge in [-0.05, 0) is 19.4 Å². The predicted octanol–water partition coefficient (Wildman–Crippen LogP) is 2.20. The number of hydrogen-bond acceptors (Lipinski definition) is 3. The van der Waals surface area contributed by atoms with Crippen LogP contribution in [-0.2, 0) is 0 Å². The predicted molar refractivity (Wildman–Crippen MR) is 62.6 cm³/mol. The first kappa shape index (κ1) is 10.1. The van der Waals surface area contributed by atoms with Gasteiger partial charge in [0.05, 0.1) is 17.9 Å². The number of halogens is 1. The molecule has 5 heteroatoms. The van der Waals surface area contributed by atoms with Crippen molar-refractivity contribution in [1.29, 1.82) is 0 Å². The summed E-state index contributed by atoms with van der Waals surface area (Å²) < 4.78 is 1.88. The number of nitrogens with zero attached hydrogens (tertiary/aromatic N) is 3. The van der Waals surface area contributed by atoms with Gasteiger partial charge in [0, 0.05) is 12.4 Å². The van der Waals surface area contributed by atoms with Crippen molar-refractivity contribution in [2.75, 3.05) is 6.54 Å². The van der Waals surface area contributed by atoms with Crippen molar-refractivity contribution in [3.63, 3.8) is 0 Å². The van der Waals surface area contributed by atoms with E-state index in [1.165, 1.54) is 12.8 Å². The molecule has 0 radical (unpaired) electrons. The third kappa shape index (κ3) is 1.58. The smallest absolute Gasteiger partial charge is 0.156 e. The van der Waals surface area contributed by atoms with Crippen molar-refractivity contribution in [2.24, 2.45) is 0 Å². The van der Waals surface area contributed by atoms with E-state index in [1.807, 2.05) is 10.6 Å². The second-order valence-electron chi connectivity index (χ2n) is 4.09. The van der Waals surface area contributed by atoms with Gasteiger partial charge in [-0.15, -0.1) is 0 Å². The molecule has 0 amide bonds. The third-order valence-corrected chi connectivity index (χ3v) is 3.41. The highest BCUT2D eigenvalue weighted by atomic mass is 35.5. The van der Waals surface area contributed by atoms with Crippen LogP contribution >= 0.6 is 11.6 Å². The van der Waals surface area contributed by atoms with Crippen molar-refractivity contribution < 1.29 is 0 Å². The summed E-state index contributed by atoms with van der Waals surface area (Å²) >= 11 is 6.32. The van der Waals surface area contributed by atoms with E-state index in [2.05, 4.69) is 15.3 Å². The Balaban J connectivity index is 2.05. The highest BCUT2D eigenvalue weighted by Gasteiger charge is 2.21. The Morgan fingerprint density at radius 1 is 1.44 bits per heavy atom. The van der Waals surface area contributed by atoms with E-state index in [9.17, 15) is 0 Å². The second kappa shape index (κ2) is 4.03. The molecule has 2 aromatic heterocycles. The molecule has 2 aromatic rings. The van der Waals surface area contributed by atoms with Crippen molar-refractivity contribution in [1.82, 2.24) is 19.7 Å². The minimum Gasteiger partial charge on any atom is -0.309 e. The summed E-state index contributed by atoms with van der Waals surface area (Å²) in [5.41, 5.74) is 1.77. The molecule has 1 saturated heterocycles. The lowest BCUT2D eigenvalue weighted by molar-refractivity contribution is 0.406. The molecular weight excluding hydrogens is 224 g/mol. The van der Waals surface area contributed by atoms with Gasteiger partial charge in [0.1, 0.15) is 5.15 Å². The maximum Gasteiger partial charge on any atom is 0.156 e. The average molecular weight is 237 g/mol. The molecule has 0 aromatic carbocycles. The van der Waals surface area contributed by atoms with Crippen LogP contribution in [0.3, 0.4) is 0 Å². The van der Waals surface area contributed by atoms with E-state index in [1.54, 1.807) is 12.4 Å². The van der Waals surface area contributed by atoms with Gasteiger partial charge in [0.25, 0.3) is 0 Å². The van der Waals surface area contributed by atoms with Gasteiger partial charge in [0.15, 0.2) is 5.65 Å². The lowest BCUT2D eigenvalue weighted by Gasteiger charge is -2.21. The highest BCUT2D eigenvalue weighted by Crippen LogP contribution is 2.28. The van der Waals surface area contributed by atoms with Gasteiger partial charge in [0.2, 0.25) is 0 Å². The monoisotopic (exact) mass is 236 g/mol. The minimum absolute atomic E-state index is 0.293. The van der Waals surface area contributed by atoms with Crippen LogP contribution in [0.5, 0.6) is 0 Å². The standard InChI is InChI=1S/C11H13ClN4/c12-11-10(8-3-1-2-4-14-8)15-9-7-13-5-6-16(9)11/h5-8,14H,1-4H2. The van der Waals surface area contributed by atoms with Gasteiger partial charge >= 0.3 is 0 Å². The largest absolute Gasteiger partial charge is 0.309 e. The molecule has 1 atom stereocenters. The SMILES string of the molecule is Clc1c(C2CCCCN2)nc2cnccn12. The van der Waals surface area contributed by atoms with Crippen molar-refractivity contribution >= 4 is 17.2 Å². The van der Waals surface area contributed by atoms with Gasteiger partial charge in [-0.3, -0.25) is 9.38 Å². The molecule has 0 bridgehead atoms. The van der Waals surface area contributed by atoms with E-state index < -0.39 is 0 Å². The molecule has 1 unspecified atom stereocenters. The molecule has 1 aliphatic rings. The zero-order valence-electron chi connectivity index (χ0n) is 8.86. The summed E-state index contributed by atoms with van der Waals surface area (Å²) in [6.45, 7) is 1.05. The van der Waals surface area contributed by atoms with Gasteiger partial charge in [-0.1, -0.05) is 18.0 Å². The molecule has 84 valence electrons. The van der Waals surface area contributed by atoms with Crippen LogP contribution in [0.2, 0.25) is 5.15 Å². The molecule has 0 spiro atoms. The Morgan fingerprint density at radius 3 is 3.12 bits per heavy atom. The number of hydrogen-bond donors (Lipinski definition) is 1. The van der Waals surface area contributed by atoms with E-state index in [0.29, 0.717) is 11.2 Å². The number of nitrogens with one attached hydrogen (secondary N) is 1. The Bertz CT molecular complexity index is 502. The topological polar surface area (TPSA) is 42.2 Å². The molecule has 16 heavy (non-hydrogen) atoms. The average Bonchev–Trinajstić information content (AvgIpc) is 2.69. The zero-order chi connectivity index (χ0) is 11.0. The summed E-state index contributed by atoms with van der Waals surface area (Å²) in [5.74, 6) is 0. The lowest BCUT2D eigenvalue weighted by Crippen LogP contribution is -2.27. The Labute approximate surface area is 98.7 Å². The quantitative estimate of drug-likeness (QED) is 0.826. The fraction of sp³-hybridized carbons (Fsp3) is 0.455. The normalized spacial score (nSPS) is 21.4. The van der Waals surface area contributed by atoms with Crippen molar-refractivity contribution in [2.45, 2.75) is 25.3 Å². The molecule has 1 aliphatic heterocycles. The van der Waals surface area contributed by atoms with E-state index in [4.69, 9.17) is 11.6 Å². The molecule has 0 saturated carbocycles. The van der Waals surface area contributed by atoms with Crippen LogP contribution in [0.4, 0.5) is 0 Å².